The first-order chi connectivity index (χ1) is 8.88. The second-order valence-corrected chi connectivity index (χ2v) is 6.40. The Morgan fingerprint density at radius 2 is 1.95 bits per heavy atom. The second-order valence-electron chi connectivity index (χ2n) is 4.75. The van der Waals surface area contributed by atoms with Crippen molar-refractivity contribution in [2.45, 2.75) is 24.8 Å². The number of nitrogens with zero attached hydrogens (tertiary/aromatic N) is 1. The van der Waals surface area contributed by atoms with E-state index in [1.165, 1.54) is 0 Å². The van der Waals surface area contributed by atoms with Gasteiger partial charge in [-0.15, -0.1) is 12.4 Å². The minimum atomic E-state index is -3.56. The summed E-state index contributed by atoms with van der Waals surface area (Å²) in [7, 11) is -1.69. The lowest BCUT2D eigenvalue weighted by molar-refractivity contribution is 0.562. The topological polar surface area (TPSA) is 77.1 Å². The fourth-order valence-electron chi connectivity index (χ4n) is 2.20. The van der Waals surface area contributed by atoms with Gasteiger partial charge in [-0.05, 0) is 19.9 Å². The molecule has 112 valence electrons. The fourth-order valence-corrected chi connectivity index (χ4v) is 3.93. The van der Waals surface area contributed by atoms with Crippen molar-refractivity contribution in [1.29, 1.82) is 0 Å². The van der Waals surface area contributed by atoms with E-state index in [1.54, 1.807) is 6.92 Å². The Kier molecular flexibility index (Phi) is 5.21. The number of halogens is 1. The van der Waals surface area contributed by atoms with Crippen molar-refractivity contribution in [2.24, 2.45) is 12.8 Å². The third kappa shape index (κ3) is 2.83. The Morgan fingerprint density at radius 1 is 1.35 bits per heavy atom. The molecule has 1 aromatic carbocycles. The zero-order valence-corrected chi connectivity index (χ0v) is 13.4. The van der Waals surface area contributed by atoms with Crippen LogP contribution in [0.15, 0.2) is 29.2 Å². The molecular weight excluding hydrogens is 298 g/mol. The van der Waals surface area contributed by atoms with E-state index in [4.69, 9.17) is 5.73 Å². The molecular formula is C13H20ClN3O2S. The van der Waals surface area contributed by atoms with Gasteiger partial charge in [0.1, 0.15) is 4.90 Å². The number of hydrogen-bond donors (Lipinski definition) is 2. The maximum Gasteiger partial charge on any atom is 0.243 e. The highest BCUT2D eigenvalue weighted by molar-refractivity contribution is 7.89. The van der Waals surface area contributed by atoms with Crippen LogP contribution < -0.4 is 10.5 Å². The maximum atomic E-state index is 12.5. The van der Waals surface area contributed by atoms with Gasteiger partial charge in [0.2, 0.25) is 10.0 Å². The third-order valence-corrected chi connectivity index (χ3v) is 5.09. The Morgan fingerprint density at radius 3 is 2.55 bits per heavy atom. The Hall–Kier alpha value is -1.08. The largest absolute Gasteiger partial charge is 0.347 e. The smallest absolute Gasteiger partial charge is 0.243 e. The molecule has 20 heavy (non-hydrogen) atoms. The average Bonchev–Trinajstić information content (AvgIpc) is 2.62. The Bertz CT molecular complexity index is 710. The summed E-state index contributed by atoms with van der Waals surface area (Å²) in [6.45, 7) is 3.82. The van der Waals surface area contributed by atoms with Gasteiger partial charge in [-0.25, -0.2) is 13.1 Å². The molecule has 0 bridgehead atoms. The van der Waals surface area contributed by atoms with Crippen molar-refractivity contribution >= 4 is 33.3 Å². The molecule has 5 nitrogen and oxygen atoms in total. The van der Waals surface area contributed by atoms with Crippen molar-refractivity contribution in [3.63, 3.8) is 0 Å². The van der Waals surface area contributed by atoms with Crippen LogP contribution >= 0.6 is 12.4 Å². The first kappa shape index (κ1) is 17.0. The quantitative estimate of drug-likeness (QED) is 0.898. The van der Waals surface area contributed by atoms with E-state index in [9.17, 15) is 8.42 Å². The first-order valence-corrected chi connectivity index (χ1v) is 7.63. The molecule has 2 aromatic rings. The van der Waals surface area contributed by atoms with Gasteiger partial charge < -0.3 is 10.3 Å². The number of para-hydroxylation sites is 1. The summed E-state index contributed by atoms with van der Waals surface area (Å²) >= 11 is 0. The van der Waals surface area contributed by atoms with Gasteiger partial charge in [-0.2, -0.15) is 0 Å². The van der Waals surface area contributed by atoms with Crippen molar-refractivity contribution in [3.8, 4) is 0 Å². The van der Waals surface area contributed by atoms with Crippen LogP contribution in [0.2, 0.25) is 0 Å². The molecule has 0 aliphatic carbocycles. The van der Waals surface area contributed by atoms with Crippen LogP contribution in [0.1, 0.15) is 12.6 Å². The summed E-state index contributed by atoms with van der Waals surface area (Å²) in [5, 5.41) is 0.735. The molecule has 0 unspecified atom stereocenters. The maximum absolute atomic E-state index is 12.5. The number of nitrogens with one attached hydrogen (secondary N) is 1. The van der Waals surface area contributed by atoms with E-state index in [0.29, 0.717) is 4.90 Å². The molecule has 0 aliphatic heterocycles. The predicted octanol–water partition coefficient (Wildman–Crippen LogP) is 1.53. The number of benzene rings is 1. The molecule has 2 rings (SSSR count). The number of hydrogen-bond acceptors (Lipinski definition) is 3. The van der Waals surface area contributed by atoms with Crippen molar-refractivity contribution < 1.29 is 8.42 Å². The number of nitrogens with two attached hydrogens (primary N) is 1. The van der Waals surface area contributed by atoms with E-state index in [1.807, 2.05) is 42.8 Å². The van der Waals surface area contributed by atoms with E-state index >= 15 is 0 Å². The molecule has 0 saturated heterocycles. The standard InChI is InChI=1S/C13H19N3O2S.ClH/c1-9(8-14)15-19(17,18)13-10(2)16(3)12-7-5-4-6-11(12)13;/h4-7,9,15H,8,14H2,1-3H3;1H/t9-;/m0./s1. The molecule has 1 atom stereocenters. The number of fused-ring (bicyclic) bond motifs is 1. The summed E-state index contributed by atoms with van der Waals surface area (Å²) in [5.41, 5.74) is 7.10. The van der Waals surface area contributed by atoms with Crippen LogP contribution in [-0.4, -0.2) is 25.6 Å². The average molecular weight is 318 g/mol. The SMILES string of the molecule is Cc1c(S(=O)(=O)N[C@@H](C)CN)c2ccccc2n1C.Cl. The molecule has 0 radical (unpaired) electrons. The molecule has 0 spiro atoms. The lowest BCUT2D eigenvalue weighted by Gasteiger charge is -2.12. The van der Waals surface area contributed by atoms with Crippen LogP contribution in [0.3, 0.4) is 0 Å². The van der Waals surface area contributed by atoms with Crippen LogP contribution in [0.4, 0.5) is 0 Å². The zero-order chi connectivity index (χ0) is 14.2. The highest BCUT2D eigenvalue weighted by Gasteiger charge is 2.24. The van der Waals surface area contributed by atoms with Crippen LogP contribution in [0.5, 0.6) is 0 Å². The zero-order valence-electron chi connectivity index (χ0n) is 11.8. The number of aromatic nitrogens is 1. The number of aryl methyl sites for hydroxylation is 1. The van der Waals surface area contributed by atoms with Gasteiger partial charge in [0.05, 0.1) is 0 Å². The van der Waals surface area contributed by atoms with Gasteiger partial charge in [0, 0.05) is 36.2 Å². The summed E-state index contributed by atoms with van der Waals surface area (Å²) in [4.78, 5) is 0.339. The molecule has 1 aromatic heterocycles. The lowest BCUT2D eigenvalue weighted by Crippen LogP contribution is -2.37. The van der Waals surface area contributed by atoms with Crippen molar-refractivity contribution in [2.75, 3.05) is 6.54 Å². The van der Waals surface area contributed by atoms with Crippen LogP contribution in [0, 0.1) is 6.92 Å². The van der Waals surface area contributed by atoms with Crippen molar-refractivity contribution in [3.05, 3.63) is 30.0 Å². The predicted molar refractivity (Wildman–Crippen MR) is 83.7 cm³/mol. The summed E-state index contributed by atoms with van der Waals surface area (Å²) in [6, 6.07) is 7.18. The molecule has 1 heterocycles. The fraction of sp³-hybridized carbons (Fsp3) is 0.385. The summed E-state index contributed by atoms with van der Waals surface area (Å²) < 4.78 is 29.4. The monoisotopic (exact) mass is 317 g/mol. The summed E-state index contributed by atoms with van der Waals surface area (Å²) in [5.74, 6) is 0. The van der Waals surface area contributed by atoms with Crippen LogP contribution in [0.25, 0.3) is 10.9 Å². The van der Waals surface area contributed by atoms with E-state index < -0.39 is 10.0 Å². The van der Waals surface area contributed by atoms with Crippen LogP contribution in [-0.2, 0) is 17.1 Å². The Balaban J connectivity index is 0.00000200. The number of rotatable bonds is 4. The molecule has 0 saturated carbocycles. The van der Waals surface area contributed by atoms with Gasteiger partial charge in [0.25, 0.3) is 0 Å². The molecule has 0 amide bonds. The van der Waals surface area contributed by atoms with Crippen molar-refractivity contribution in [1.82, 2.24) is 9.29 Å². The van der Waals surface area contributed by atoms with Gasteiger partial charge in [-0.3, -0.25) is 0 Å². The van der Waals surface area contributed by atoms with Gasteiger partial charge >= 0.3 is 0 Å². The second kappa shape index (κ2) is 6.13. The highest BCUT2D eigenvalue weighted by atomic mass is 35.5. The first-order valence-electron chi connectivity index (χ1n) is 6.15. The van der Waals surface area contributed by atoms with Gasteiger partial charge in [0.15, 0.2) is 0 Å². The molecule has 7 heteroatoms. The normalized spacial score (nSPS) is 13.2. The lowest BCUT2D eigenvalue weighted by atomic mass is 10.2. The minimum absolute atomic E-state index is 0. The molecule has 3 N–H and O–H groups in total. The minimum Gasteiger partial charge on any atom is -0.347 e. The van der Waals surface area contributed by atoms with E-state index in [0.717, 1.165) is 16.6 Å². The van der Waals surface area contributed by atoms with E-state index in [-0.39, 0.29) is 25.0 Å². The summed E-state index contributed by atoms with van der Waals surface area (Å²) in [6.07, 6.45) is 0. The molecule has 0 aliphatic rings. The van der Waals surface area contributed by atoms with E-state index in [2.05, 4.69) is 4.72 Å². The van der Waals surface area contributed by atoms with Gasteiger partial charge in [-0.1, -0.05) is 18.2 Å². The third-order valence-electron chi connectivity index (χ3n) is 3.32. The molecule has 0 fully saturated rings. The highest BCUT2D eigenvalue weighted by Crippen LogP contribution is 2.28. The number of sulfonamides is 1. The Labute approximate surface area is 125 Å².